The first kappa shape index (κ1) is 15.5. The van der Waals surface area contributed by atoms with Gasteiger partial charge in [-0.3, -0.25) is 9.79 Å². The Bertz CT molecular complexity index is 550. The number of carbonyl (C=O) groups is 1. The highest BCUT2D eigenvalue weighted by molar-refractivity contribution is 6.06. The van der Waals surface area contributed by atoms with Crippen LogP contribution in [-0.2, 0) is 4.79 Å². The monoisotopic (exact) mass is 302 g/mol. The maximum atomic E-state index is 12.4. The van der Waals surface area contributed by atoms with Crippen LogP contribution in [0, 0.1) is 11.3 Å². The van der Waals surface area contributed by atoms with Crippen LogP contribution in [0.5, 0.6) is 0 Å². The molecule has 2 heterocycles. The van der Waals surface area contributed by atoms with Gasteiger partial charge < -0.3 is 10.1 Å². The molecule has 2 N–H and O–H groups in total. The van der Waals surface area contributed by atoms with Crippen LogP contribution in [0.25, 0.3) is 0 Å². The Morgan fingerprint density at radius 3 is 2.68 bits per heavy atom. The minimum atomic E-state index is -0.935. The average molecular weight is 302 g/mol. The lowest BCUT2D eigenvalue weighted by molar-refractivity contribution is -0.122. The number of ketones is 1. The highest BCUT2D eigenvalue weighted by Crippen LogP contribution is 2.40. The highest BCUT2D eigenvalue weighted by atomic mass is 16.3. The average Bonchev–Trinajstić information content (AvgIpc) is 2.94. The molecule has 0 radical (unpaired) electrons. The second-order valence-electron chi connectivity index (χ2n) is 7.67. The van der Waals surface area contributed by atoms with Gasteiger partial charge in [0, 0.05) is 24.0 Å². The van der Waals surface area contributed by atoms with Crippen molar-refractivity contribution < 1.29 is 9.90 Å². The van der Waals surface area contributed by atoms with Crippen molar-refractivity contribution in [3.63, 3.8) is 0 Å². The van der Waals surface area contributed by atoms with Gasteiger partial charge >= 0.3 is 0 Å². The number of aromatic amines is 1. The van der Waals surface area contributed by atoms with Crippen LogP contribution < -0.4 is 0 Å². The number of aromatic nitrogens is 1. The van der Waals surface area contributed by atoms with Crippen molar-refractivity contribution in [3.05, 3.63) is 24.0 Å². The van der Waals surface area contributed by atoms with Crippen molar-refractivity contribution in [1.29, 1.82) is 0 Å². The van der Waals surface area contributed by atoms with E-state index >= 15 is 0 Å². The van der Waals surface area contributed by atoms with E-state index in [-0.39, 0.29) is 5.78 Å². The van der Waals surface area contributed by atoms with E-state index in [9.17, 15) is 9.90 Å². The van der Waals surface area contributed by atoms with Crippen LogP contribution in [0.15, 0.2) is 23.3 Å². The molecule has 2 atom stereocenters. The summed E-state index contributed by atoms with van der Waals surface area (Å²) in [7, 11) is 0. The van der Waals surface area contributed by atoms with Gasteiger partial charge in [-0.1, -0.05) is 13.8 Å². The van der Waals surface area contributed by atoms with Crippen molar-refractivity contribution in [2.45, 2.75) is 64.5 Å². The molecule has 2 aliphatic rings. The van der Waals surface area contributed by atoms with Crippen molar-refractivity contribution in [2.24, 2.45) is 16.3 Å². The van der Waals surface area contributed by atoms with E-state index in [1.807, 2.05) is 12.1 Å². The zero-order chi connectivity index (χ0) is 15.7. The maximum Gasteiger partial charge on any atom is 0.160 e. The summed E-state index contributed by atoms with van der Waals surface area (Å²) in [4.78, 5) is 19.9. The molecule has 3 rings (SSSR count). The maximum absolute atomic E-state index is 12.4. The molecule has 0 spiro atoms. The summed E-state index contributed by atoms with van der Waals surface area (Å²) in [5.74, 6) is 0.175. The normalized spacial score (nSPS) is 29.4. The Hall–Kier alpha value is -1.42. The minimum Gasteiger partial charge on any atom is -0.371 e. The molecular formula is C18H26N2O2. The van der Waals surface area contributed by atoms with Crippen LogP contribution >= 0.6 is 0 Å². The first-order chi connectivity index (χ1) is 10.4. The molecule has 0 bridgehead atoms. The first-order valence-corrected chi connectivity index (χ1v) is 8.34. The number of aliphatic hydroxyl groups is 1. The molecule has 1 aliphatic heterocycles. The van der Waals surface area contributed by atoms with Gasteiger partial charge in [0.05, 0.1) is 0 Å². The summed E-state index contributed by atoms with van der Waals surface area (Å²) in [5.41, 5.74) is 2.11. The second-order valence-corrected chi connectivity index (χ2v) is 7.67. The minimum absolute atomic E-state index is 0.0797. The summed E-state index contributed by atoms with van der Waals surface area (Å²) in [6.45, 7) is 4.66. The van der Waals surface area contributed by atoms with Gasteiger partial charge in [0.25, 0.3) is 0 Å². The molecule has 120 valence electrons. The van der Waals surface area contributed by atoms with Gasteiger partial charge in [-0.25, -0.2) is 0 Å². The Labute approximate surface area is 132 Å². The van der Waals surface area contributed by atoms with Crippen molar-refractivity contribution in [3.8, 4) is 0 Å². The first-order valence-electron chi connectivity index (χ1n) is 8.34. The quantitative estimate of drug-likeness (QED) is 0.898. The number of rotatable bonds is 3. The Balaban J connectivity index is 1.64. The molecule has 1 aromatic heterocycles. The summed E-state index contributed by atoms with van der Waals surface area (Å²) >= 11 is 0. The largest absolute Gasteiger partial charge is 0.371 e. The van der Waals surface area contributed by atoms with E-state index in [0.717, 1.165) is 17.8 Å². The number of nitrogens with one attached hydrogen (secondary N) is 1. The van der Waals surface area contributed by atoms with E-state index in [4.69, 9.17) is 0 Å². The van der Waals surface area contributed by atoms with E-state index < -0.39 is 12.1 Å². The number of Topliss-reactive ketones (excluding diaryl/α,β-unsaturated/α-hetero) is 1. The van der Waals surface area contributed by atoms with Crippen molar-refractivity contribution in [1.82, 2.24) is 4.98 Å². The number of carbonyl (C=O) groups excluding carboxylic acids is 1. The van der Waals surface area contributed by atoms with Crippen molar-refractivity contribution >= 4 is 11.5 Å². The van der Waals surface area contributed by atoms with Gasteiger partial charge in [0.15, 0.2) is 12.0 Å². The molecule has 0 saturated heterocycles. The lowest BCUT2D eigenvalue weighted by Gasteiger charge is -2.35. The molecule has 0 amide bonds. The summed E-state index contributed by atoms with van der Waals surface area (Å²) < 4.78 is 0. The Morgan fingerprint density at radius 2 is 2.09 bits per heavy atom. The van der Waals surface area contributed by atoms with Gasteiger partial charge in [-0.2, -0.15) is 0 Å². The van der Waals surface area contributed by atoms with Gasteiger partial charge in [0.1, 0.15) is 5.92 Å². The molecule has 1 aromatic rings. The molecular weight excluding hydrogens is 276 g/mol. The second kappa shape index (κ2) is 5.99. The van der Waals surface area contributed by atoms with Gasteiger partial charge in [0.2, 0.25) is 0 Å². The van der Waals surface area contributed by atoms with E-state index in [1.54, 1.807) is 6.20 Å². The fourth-order valence-electron chi connectivity index (χ4n) is 3.78. The third kappa shape index (κ3) is 3.32. The zero-order valence-corrected chi connectivity index (χ0v) is 13.5. The molecule has 2 unspecified atom stereocenters. The third-order valence-corrected chi connectivity index (χ3v) is 5.28. The standard InChI is InChI=1S/C18H26N2O2/c1-18(2)7-5-12(6-8-18)10-13-11-15(21)16(17(22)20-13)14-4-3-9-19-14/h3-4,9,12,16-17,19,22H,5-8,10-11H2,1-2H3. The van der Waals surface area contributed by atoms with Crippen LogP contribution in [-0.4, -0.2) is 27.8 Å². The lowest BCUT2D eigenvalue weighted by Crippen LogP contribution is -2.33. The number of aliphatic imine (C=N–C) groups is 1. The predicted octanol–water partition coefficient (Wildman–Crippen LogP) is 3.44. The molecule has 1 saturated carbocycles. The number of H-pyrrole nitrogens is 1. The number of nitrogens with zero attached hydrogens (tertiary/aromatic N) is 1. The topological polar surface area (TPSA) is 65.5 Å². The molecule has 1 fully saturated rings. The van der Waals surface area contributed by atoms with Crippen molar-refractivity contribution in [2.75, 3.05) is 0 Å². The van der Waals surface area contributed by atoms with Crippen LogP contribution in [0.3, 0.4) is 0 Å². The van der Waals surface area contributed by atoms with Gasteiger partial charge in [-0.15, -0.1) is 0 Å². The molecule has 4 nitrogen and oxygen atoms in total. The number of aliphatic hydroxyl groups excluding tert-OH is 1. The van der Waals surface area contributed by atoms with Crippen LogP contribution in [0.4, 0.5) is 0 Å². The van der Waals surface area contributed by atoms with E-state index in [2.05, 4.69) is 23.8 Å². The van der Waals surface area contributed by atoms with Crippen LogP contribution in [0.2, 0.25) is 0 Å². The zero-order valence-electron chi connectivity index (χ0n) is 13.5. The fourth-order valence-corrected chi connectivity index (χ4v) is 3.78. The number of hydrogen-bond donors (Lipinski definition) is 2. The van der Waals surface area contributed by atoms with E-state index in [0.29, 0.717) is 17.8 Å². The molecule has 1 aliphatic carbocycles. The highest BCUT2D eigenvalue weighted by Gasteiger charge is 2.35. The lowest BCUT2D eigenvalue weighted by atomic mass is 9.71. The summed E-state index contributed by atoms with van der Waals surface area (Å²) in [6, 6.07) is 3.69. The molecule has 0 aromatic carbocycles. The summed E-state index contributed by atoms with van der Waals surface area (Å²) in [6.07, 6.45) is 7.00. The molecule has 22 heavy (non-hydrogen) atoms. The summed E-state index contributed by atoms with van der Waals surface area (Å²) in [5, 5.41) is 10.3. The Kier molecular flexibility index (Phi) is 4.22. The van der Waals surface area contributed by atoms with Crippen LogP contribution in [0.1, 0.15) is 64.0 Å². The third-order valence-electron chi connectivity index (χ3n) is 5.28. The smallest absolute Gasteiger partial charge is 0.160 e. The van der Waals surface area contributed by atoms with Gasteiger partial charge in [-0.05, 0) is 55.6 Å². The number of hydrogen-bond acceptors (Lipinski definition) is 3. The molecule has 4 heteroatoms. The van der Waals surface area contributed by atoms with E-state index in [1.165, 1.54) is 25.7 Å². The predicted molar refractivity (Wildman–Crippen MR) is 87.0 cm³/mol. The fraction of sp³-hybridized carbons (Fsp3) is 0.667. The Morgan fingerprint density at radius 1 is 1.36 bits per heavy atom. The SMILES string of the molecule is CC1(C)CCC(CC2=NC(O)C(c3ccc[nH]3)C(=O)C2)CC1.